The van der Waals surface area contributed by atoms with Crippen molar-refractivity contribution in [3.05, 3.63) is 108 Å². The summed E-state index contributed by atoms with van der Waals surface area (Å²) in [7, 11) is 1.48. The average molecular weight is 796 g/mol. The molecule has 4 amide bonds. The molecule has 0 bridgehead atoms. The summed E-state index contributed by atoms with van der Waals surface area (Å²) in [4.78, 5) is 76.5. The van der Waals surface area contributed by atoms with Crippen LogP contribution in [0.1, 0.15) is 68.6 Å². The van der Waals surface area contributed by atoms with Gasteiger partial charge in [0.1, 0.15) is 37.2 Å². The highest BCUT2D eigenvalue weighted by molar-refractivity contribution is 5.92. The van der Waals surface area contributed by atoms with Crippen molar-refractivity contribution in [3.8, 4) is 0 Å². The number of benzene rings is 3. The second kappa shape index (κ2) is 17.7. The first-order valence-corrected chi connectivity index (χ1v) is 20.0. The maximum atomic E-state index is 15.2. The molecule has 58 heavy (non-hydrogen) atoms. The van der Waals surface area contributed by atoms with Gasteiger partial charge in [-0.2, -0.15) is 0 Å². The zero-order valence-electron chi connectivity index (χ0n) is 33.0. The molecule has 1 aliphatic carbocycles. The van der Waals surface area contributed by atoms with Gasteiger partial charge in [0.05, 0.1) is 18.6 Å². The third-order valence-corrected chi connectivity index (χ3v) is 11.9. The number of halogens is 1. The van der Waals surface area contributed by atoms with Gasteiger partial charge in [-0.25, -0.2) is 14.0 Å². The summed E-state index contributed by atoms with van der Waals surface area (Å²) in [5.41, 5.74) is 2.90. The highest BCUT2D eigenvalue weighted by Gasteiger charge is 2.59. The van der Waals surface area contributed by atoms with Crippen LogP contribution >= 0.6 is 0 Å². The number of rotatable bonds is 11. The SMILES string of the molecule is CC(=O)OC1CN(C(=O)C(NC(=O)[C@H](C)N(C)C(=O)OCc2ccccc2)C2CCCCC2)[C@@H]2C(c3c[nH]c4cc(F)ccc34)CN(C(=O)OCc3ccccc3)[C@H]12. The van der Waals surface area contributed by atoms with E-state index in [0.29, 0.717) is 18.4 Å². The van der Waals surface area contributed by atoms with E-state index in [9.17, 15) is 23.6 Å². The number of amides is 4. The molecular weight excluding hydrogens is 746 g/mol. The number of aromatic nitrogens is 1. The van der Waals surface area contributed by atoms with Crippen molar-refractivity contribution in [2.24, 2.45) is 5.92 Å². The smallest absolute Gasteiger partial charge is 0.410 e. The first kappa shape index (κ1) is 40.3. The molecule has 2 aliphatic heterocycles. The fraction of sp³-hybridized carbons (Fsp3) is 0.432. The van der Waals surface area contributed by atoms with Crippen molar-refractivity contribution in [3.63, 3.8) is 0 Å². The summed E-state index contributed by atoms with van der Waals surface area (Å²) in [5.74, 6) is -2.61. The molecule has 3 aliphatic rings. The Morgan fingerprint density at radius 3 is 2.17 bits per heavy atom. The average Bonchev–Trinajstić information content (AvgIpc) is 3.94. The number of ether oxygens (including phenoxy) is 3. The van der Waals surface area contributed by atoms with E-state index in [1.54, 1.807) is 24.1 Å². The topological polar surface area (TPSA) is 151 Å². The Kier molecular flexibility index (Phi) is 12.3. The Morgan fingerprint density at radius 2 is 1.52 bits per heavy atom. The van der Waals surface area contributed by atoms with E-state index in [-0.39, 0.29) is 38.1 Å². The van der Waals surface area contributed by atoms with Crippen LogP contribution in [0.15, 0.2) is 85.1 Å². The maximum absolute atomic E-state index is 15.2. The number of fused-ring (bicyclic) bond motifs is 2. The summed E-state index contributed by atoms with van der Waals surface area (Å²) < 4.78 is 31.5. The summed E-state index contributed by atoms with van der Waals surface area (Å²) in [6.07, 6.45) is 3.69. The van der Waals surface area contributed by atoms with Crippen molar-refractivity contribution < 1.29 is 42.6 Å². The van der Waals surface area contributed by atoms with Gasteiger partial charge in [-0.05, 0) is 60.6 Å². The minimum atomic E-state index is -0.983. The van der Waals surface area contributed by atoms with Gasteiger partial charge in [0.2, 0.25) is 11.8 Å². The molecule has 6 atom stereocenters. The van der Waals surface area contributed by atoms with Crippen LogP contribution < -0.4 is 5.32 Å². The largest absolute Gasteiger partial charge is 0.458 e. The van der Waals surface area contributed by atoms with Crippen LogP contribution in [-0.2, 0) is 41.8 Å². The lowest BCUT2D eigenvalue weighted by atomic mass is 9.82. The van der Waals surface area contributed by atoms with E-state index < -0.39 is 66.1 Å². The summed E-state index contributed by atoms with van der Waals surface area (Å²) in [6, 6.07) is 19.4. The second-order valence-electron chi connectivity index (χ2n) is 15.6. The number of aromatic amines is 1. The number of nitrogens with one attached hydrogen (secondary N) is 2. The third-order valence-electron chi connectivity index (χ3n) is 11.9. The minimum absolute atomic E-state index is 0.00762. The zero-order valence-corrected chi connectivity index (χ0v) is 33.0. The van der Waals surface area contributed by atoms with Crippen LogP contribution in [0.2, 0.25) is 0 Å². The lowest BCUT2D eigenvalue weighted by Gasteiger charge is -2.36. The molecule has 3 heterocycles. The van der Waals surface area contributed by atoms with Crippen molar-refractivity contribution in [2.75, 3.05) is 20.1 Å². The lowest BCUT2D eigenvalue weighted by Crippen LogP contribution is -2.58. The van der Waals surface area contributed by atoms with E-state index in [1.165, 1.54) is 35.9 Å². The van der Waals surface area contributed by atoms with Crippen LogP contribution in [0.3, 0.4) is 0 Å². The second-order valence-corrected chi connectivity index (χ2v) is 15.6. The molecular formula is C44H50FN5O8. The summed E-state index contributed by atoms with van der Waals surface area (Å²) in [6.45, 7) is 2.98. The standard InChI is InChI=1S/C44H50FN5O8/c1-27(48(3)43(54)56-25-29-13-7-4-8-14-29)41(52)47-38(31-17-11-6-12-18-31)42(53)49-24-37(58-28(2)51)40-39(49)35(34-22-46-36-21-32(45)19-20-33(34)36)23-50(40)44(55)57-26-30-15-9-5-10-16-30/h4-5,7-10,13-16,19-22,27,31,35,37-40,46H,6,11-12,17-18,23-26H2,1-3H3,(H,47,52)/t27-,35?,37?,38?,39+,40+/m0/s1. The van der Waals surface area contributed by atoms with E-state index in [4.69, 9.17) is 14.2 Å². The Morgan fingerprint density at radius 1 is 0.862 bits per heavy atom. The Balaban J connectivity index is 1.19. The molecule has 1 aromatic heterocycles. The van der Waals surface area contributed by atoms with Gasteiger partial charge in [0.15, 0.2) is 0 Å². The summed E-state index contributed by atoms with van der Waals surface area (Å²) >= 11 is 0. The van der Waals surface area contributed by atoms with Crippen molar-refractivity contribution in [1.82, 2.24) is 25.0 Å². The maximum Gasteiger partial charge on any atom is 0.410 e. The molecule has 14 heteroatoms. The number of hydrogen-bond donors (Lipinski definition) is 2. The van der Waals surface area contributed by atoms with E-state index in [2.05, 4.69) is 10.3 Å². The minimum Gasteiger partial charge on any atom is -0.458 e. The van der Waals surface area contributed by atoms with E-state index in [0.717, 1.165) is 41.3 Å². The van der Waals surface area contributed by atoms with Gasteiger partial charge in [-0.15, -0.1) is 0 Å². The van der Waals surface area contributed by atoms with Crippen molar-refractivity contribution >= 4 is 40.9 Å². The number of carbonyl (C=O) groups is 5. The molecule has 3 fully saturated rings. The molecule has 3 unspecified atom stereocenters. The molecule has 2 saturated heterocycles. The molecule has 0 spiro atoms. The number of esters is 1. The van der Waals surface area contributed by atoms with Crippen molar-refractivity contribution in [1.29, 1.82) is 0 Å². The highest BCUT2D eigenvalue weighted by Crippen LogP contribution is 2.45. The van der Waals surface area contributed by atoms with Crippen LogP contribution in [0, 0.1) is 11.7 Å². The number of likely N-dealkylation sites (tertiary alicyclic amines) is 2. The fourth-order valence-electron chi connectivity index (χ4n) is 8.83. The van der Waals surface area contributed by atoms with Gasteiger partial charge >= 0.3 is 18.2 Å². The van der Waals surface area contributed by atoms with Gasteiger partial charge in [0.25, 0.3) is 0 Å². The summed E-state index contributed by atoms with van der Waals surface area (Å²) in [5, 5.41) is 3.75. The monoisotopic (exact) mass is 795 g/mol. The van der Waals surface area contributed by atoms with Crippen LogP contribution in [-0.4, -0.2) is 100 Å². The number of H-pyrrole nitrogens is 1. The predicted octanol–water partition coefficient (Wildman–Crippen LogP) is 6.28. The Hall–Kier alpha value is -5.92. The van der Waals surface area contributed by atoms with Gasteiger partial charge in [0, 0.05) is 43.5 Å². The van der Waals surface area contributed by atoms with Crippen molar-refractivity contribution in [2.45, 2.75) is 95.4 Å². The Labute approximate surface area is 336 Å². The number of carbonyl (C=O) groups excluding carboxylic acids is 5. The molecule has 4 aromatic rings. The lowest BCUT2D eigenvalue weighted by molar-refractivity contribution is -0.148. The Bertz CT molecular complexity index is 2110. The molecule has 7 rings (SSSR count). The molecule has 13 nitrogen and oxygen atoms in total. The number of likely N-dealkylation sites (N-methyl/N-ethyl adjacent to an activating group) is 1. The van der Waals surface area contributed by atoms with Gasteiger partial charge in [-0.1, -0.05) is 79.9 Å². The molecule has 3 aromatic carbocycles. The molecule has 0 radical (unpaired) electrons. The predicted molar refractivity (Wildman–Crippen MR) is 212 cm³/mol. The zero-order chi connectivity index (χ0) is 40.9. The van der Waals surface area contributed by atoms with E-state index in [1.807, 2.05) is 60.7 Å². The quantitative estimate of drug-likeness (QED) is 0.133. The first-order chi connectivity index (χ1) is 28.0. The number of nitrogens with zero attached hydrogens (tertiary/aromatic N) is 3. The third kappa shape index (κ3) is 8.65. The van der Waals surface area contributed by atoms with E-state index >= 15 is 4.79 Å². The van der Waals surface area contributed by atoms with Crippen LogP contribution in [0.4, 0.5) is 14.0 Å². The van der Waals surface area contributed by atoms with Gasteiger partial charge < -0.3 is 29.4 Å². The highest BCUT2D eigenvalue weighted by atomic mass is 19.1. The molecule has 306 valence electrons. The molecule has 1 saturated carbocycles. The number of hydrogen-bond acceptors (Lipinski definition) is 8. The molecule has 2 N–H and O–H groups in total. The first-order valence-electron chi connectivity index (χ1n) is 20.0. The normalized spacial score (nSPS) is 21.5. The van der Waals surface area contributed by atoms with Gasteiger partial charge in [-0.3, -0.25) is 24.2 Å². The van der Waals surface area contributed by atoms with Crippen LogP contribution in [0.5, 0.6) is 0 Å². The van der Waals surface area contributed by atoms with Crippen LogP contribution in [0.25, 0.3) is 10.9 Å². The fourth-order valence-corrected chi connectivity index (χ4v) is 8.83.